The Morgan fingerprint density at radius 2 is 1.00 bits per heavy atom. The van der Waals surface area contributed by atoms with Crippen molar-refractivity contribution in [3.63, 3.8) is 0 Å². The molecule has 0 unspecified atom stereocenters. The maximum Gasteiger partial charge on any atom is 0.145 e. The SMILES string of the molecule is N#Cc1ccc2c(c1)S(c1ccccc1)(c1ccccc1)c1cc(C#N)ccc1-c1c-2nc(-c2ccccc2)n1-c1ccccc1. The van der Waals surface area contributed by atoms with Gasteiger partial charge in [-0.25, -0.2) is 4.98 Å². The summed E-state index contributed by atoms with van der Waals surface area (Å²) in [5.74, 6) is 0.823. The zero-order valence-electron chi connectivity index (χ0n) is 24.7. The van der Waals surface area contributed by atoms with Crippen molar-refractivity contribution in [2.75, 3.05) is 0 Å². The predicted octanol–water partition coefficient (Wildman–Crippen LogP) is 10.3. The first-order valence-corrected chi connectivity index (χ1v) is 16.6. The van der Waals surface area contributed by atoms with Crippen molar-refractivity contribution < 1.29 is 0 Å². The highest BCUT2D eigenvalue weighted by Gasteiger charge is 2.42. The van der Waals surface area contributed by atoms with Crippen LogP contribution < -0.4 is 0 Å². The van der Waals surface area contributed by atoms with Crippen LogP contribution in [0, 0.1) is 22.7 Å². The van der Waals surface area contributed by atoms with Gasteiger partial charge in [-0.05, 0) is 60.7 Å². The molecule has 0 bridgehead atoms. The predicted molar refractivity (Wildman–Crippen MR) is 183 cm³/mol. The Kier molecular flexibility index (Phi) is 6.61. The molecule has 1 aromatic heterocycles. The minimum absolute atomic E-state index is 0.578. The van der Waals surface area contributed by atoms with Gasteiger partial charge in [0.1, 0.15) is 5.82 Å². The van der Waals surface area contributed by atoms with Gasteiger partial charge in [0.25, 0.3) is 0 Å². The quantitative estimate of drug-likeness (QED) is 0.200. The summed E-state index contributed by atoms with van der Waals surface area (Å²) >= 11 is 0. The number of imidazole rings is 1. The van der Waals surface area contributed by atoms with Gasteiger partial charge in [0, 0.05) is 42.0 Å². The molecule has 216 valence electrons. The highest BCUT2D eigenvalue weighted by atomic mass is 32.3. The Hall–Kier alpha value is -6.14. The van der Waals surface area contributed by atoms with Crippen molar-refractivity contribution in [2.45, 2.75) is 19.6 Å². The smallest absolute Gasteiger partial charge is 0.145 e. The Balaban J connectivity index is 1.64. The number of hydrogen-bond donors (Lipinski definition) is 0. The van der Waals surface area contributed by atoms with Crippen LogP contribution in [0.5, 0.6) is 0 Å². The summed E-state index contributed by atoms with van der Waals surface area (Å²) < 4.78 is 2.25. The Morgan fingerprint density at radius 3 is 1.54 bits per heavy atom. The number of rotatable bonds is 4. The third kappa shape index (κ3) is 4.11. The monoisotopic (exact) mass is 606 g/mol. The second kappa shape index (κ2) is 11.1. The van der Waals surface area contributed by atoms with E-state index < -0.39 is 10.0 Å². The van der Waals surface area contributed by atoms with Crippen LogP contribution in [0.4, 0.5) is 0 Å². The summed E-state index contributed by atoms with van der Waals surface area (Å²) in [4.78, 5) is 9.78. The van der Waals surface area contributed by atoms with E-state index in [1.165, 1.54) is 0 Å². The summed E-state index contributed by atoms with van der Waals surface area (Å²) in [5, 5.41) is 20.5. The van der Waals surface area contributed by atoms with Gasteiger partial charge in [-0.1, -0.05) is 97.1 Å². The van der Waals surface area contributed by atoms with Crippen LogP contribution in [-0.2, 0) is 0 Å². The fourth-order valence-corrected chi connectivity index (χ4v) is 10.8. The maximum absolute atomic E-state index is 10.3. The second-order valence-corrected chi connectivity index (χ2v) is 14.1. The zero-order chi connectivity index (χ0) is 31.1. The molecule has 1 aliphatic heterocycles. The fraction of sp³-hybridized carbons (Fsp3) is 0. The number of nitriles is 2. The summed E-state index contributed by atoms with van der Waals surface area (Å²) in [5.41, 5.74) is 6.92. The Bertz CT molecular complexity index is 2280. The maximum atomic E-state index is 10.3. The van der Waals surface area contributed by atoms with E-state index in [4.69, 9.17) is 4.98 Å². The van der Waals surface area contributed by atoms with E-state index in [2.05, 4.69) is 108 Å². The van der Waals surface area contributed by atoms with Crippen molar-refractivity contribution in [3.8, 4) is 51.7 Å². The van der Waals surface area contributed by atoms with Gasteiger partial charge < -0.3 is 0 Å². The summed E-state index contributed by atoms with van der Waals surface area (Å²) in [6.07, 6.45) is 0. The molecular formula is C41H26N4S. The van der Waals surface area contributed by atoms with Crippen molar-refractivity contribution in [1.29, 1.82) is 10.5 Å². The lowest BCUT2D eigenvalue weighted by Gasteiger charge is -2.43. The molecule has 0 radical (unpaired) electrons. The normalized spacial score (nSPS) is 13.2. The summed E-state index contributed by atoms with van der Waals surface area (Å²) in [6.45, 7) is 0. The third-order valence-corrected chi connectivity index (χ3v) is 12.5. The molecule has 2 heterocycles. The number of fused-ring (bicyclic) bond motifs is 5. The minimum atomic E-state index is -2.24. The first kappa shape index (κ1) is 27.4. The molecule has 46 heavy (non-hydrogen) atoms. The average Bonchev–Trinajstić information content (AvgIpc) is 3.50. The van der Waals surface area contributed by atoms with E-state index in [-0.39, 0.29) is 0 Å². The molecule has 6 aromatic carbocycles. The van der Waals surface area contributed by atoms with Gasteiger partial charge in [-0.3, -0.25) is 4.57 Å². The molecule has 0 aliphatic carbocycles. The fourth-order valence-electron chi connectivity index (χ4n) is 6.56. The molecule has 0 spiro atoms. The van der Waals surface area contributed by atoms with Crippen LogP contribution in [0.15, 0.2) is 177 Å². The van der Waals surface area contributed by atoms with Crippen LogP contribution >= 0.6 is 10.0 Å². The molecule has 0 fully saturated rings. The number of benzene rings is 6. The average molecular weight is 607 g/mol. The van der Waals surface area contributed by atoms with Crippen LogP contribution in [-0.4, -0.2) is 9.55 Å². The van der Waals surface area contributed by atoms with E-state index in [1.807, 2.05) is 66.7 Å². The molecule has 0 amide bonds. The molecule has 0 N–H and O–H groups in total. The molecule has 8 rings (SSSR count). The van der Waals surface area contributed by atoms with Crippen LogP contribution in [0.1, 0.15) is 11.1 Å². The van der Waals surface area contributed by atoms with E-state index in [0.29, 0.717) is 11.1 Å². The first-order chi connectivity index (χ1) is 22.7. The minimum Gasteiger partial charge on any atom is -0.292 e. The van der Waals surface area contributed by atoms with Gasteiger partial charge in [0.05, 0.1) is 34.7 Å². The van der Waals surface area contributed by atoms with Crippen molar-refractivity contribution in [2.24, 2.45) is 0 Å². The summed E-state index contributed by atoms with van der Waals surface area (Å²) in [6, 6.07) is 58.5. The van der Waals surface area contributed by atoms with E-state index in [1.54, 1.807) is 0 Å². The van der Waals surface area contributed by atoms with E-state index >= 15 is 0 Å². The second-order valence-electron chi connectivity index (χ2n) is 11.1. The molecule has 0 atom stereocenters. The number of nitrogens with zero attached hydrogens (tertiary/aromatic N) is 4. The Morgan fingerprint density at radius 1 is 0.522 bits per heavy atom. The molecule has 4 nitrogen and oxygen atoms in total. The first-order valence-electron chi connectivity index (χ1n) is 15.0. The number of para-hydroxylation sites is 1. The standard InChI is InChI=1S/C41H26N4S/c42-27-29-21-23-35-37(25-29)46(33-17-9-3-10-18-33,34-19-11-4-12-20-34)38-26-30(28-43)22-24-36(38)40-39(35)44-41(31-13-5-1-6-14-31)45(40)32-15-7-2-8-16-32/h1-26H. The van der Waals surface area contributed by atoms with Crippen molar-refractivity contribution in [1.82, 2.24) is 9.55 Å². The van der Waals surface area contributed by atoms with Crippen LogP contribution in [0.2, 0.25) is 0 Å². The van der Waals surface area contributed by atoms with Crippen molar-refractivity contribution >= 4 is 10.0 Å². The van der Waals surface area contributed by atoms with Gasteiger partial charge in [0.15, 0.2) is 0 Å². The lowest BCUT2D eigenvalue weighted by atomic mass is 10.0. The van der Waals surface area contributed by atoms with Gasteiger partial charge in [-0.2, -0.15) is 10.5 Å². The van der Waals surface area contributed by atoms with Crippen LogP contribution in [0.3, 0.4) is 0 Å². The van der Waals surface area contributed by atoms with Gasteiger partial charge in [0.2, 0.25) is 0 Å². The highest BCUT2D eigenvalue weighted by molar-refractivity contribution is 8.34. The molecular weight excluding hydrogens is 581 g/mol. The molecule has 0 saturated heterocycles. The van der Waals surface area contributed by atoms with E-state index in [9.17, 15) is 10.5 Å². The van der Waals surface area contributed by atoms with Crippen molar-refractivity contribution in [3.05, 3.63) is 169 Å². The zero-order valence-corrected chi connectivity index (χ0v) is 25.5. The van der Waals surface area contributed by atoms with Crippen LogP contribution in [0.25, 0.3) is 39.6 Å². The Labute approximate surface area is 269 Å². The molecule has 0 saturated carbocycles. The van der Waals surface area contributed by atoms with Gasteiger partial charge in [-0.15, -0.1) is 10.0 Å². The molecule has 1 aliphatic rings. The van der Waals surface area contributed by atoms with E-state index in [0.717, 1.165) is 59.2 Å². The largest absolute Gasteiger partial charge is 0.292 e. The molecule has 7 aromatic rings. The highest BCUT2D eigenvalue weighted by Crippen LogP contribution is 2.77. The third-order valence-electron chi connectivity index (χ3n) is 8.51. The number of hydrogen-bond acceptors (Lipinski definition) is 3. The van der Waals surface area contributed by atoms with Gasteiger partial charge >= 0.3 is 0 Å². The number of aromatic nitrogens is 2. The topological polar surface area (TPSA) is 65.4 Å². The summed E-state index contributed by atoms with van der Waals surface area (Å²) in [7, 11) is -2.24. The molecule has 5 heteroatoms. The lowest BCUT2D eigenvalue weighted by Crippen LogP contribution is -2.08. The lowest BCUT2D eigenvalue weighted by molar-refractivity contribution is 1.07.